The van der Waals surface area contributed by atoms with E-state index in [0.717, 1.165) is 30.1 Å². The lowest BCUT2D eigenvalue weighted by Crippen LogP contribution is -2.21. The molecule has 1 aromatic carbocycles. The fraction of sp³-hybridized carbons (Fsp3) is 0.333. The SMILES string of the molecule is O=C1CCCC[C@H]1Sc1nccn1-c1ccc(Cl)cc1. The first kappa shape index (κ1) is 13.7. The second kappa shape index (κ2) is 6.02. The van der Waals surface area contributed by atoms with Gasteiger partial charge in [0.15, 0.2) is 5.16 Å². The number of hydrogen-bond donors (Lipinski definition) is 0. The molecule has 20 heavy (non-hydrogen) atoms. The zero-order valence-electron chi connectivity index (χ0n) is 11.0. The molecule has 1 fully saturated rings. The van der Waals surface area contributed by atoms with Gasteiger partial charge < -0.3 is 0 Å². The summed E-state index contributed by atoms with van der Waals surface area (Å²) in [7, 11) is 0. The van der Waals surface area contributed by atoms with Crippen LogP contribution in [0.5, 0.6) is 0 Å². The van der Waals surface area contributed by atoms with Gasteiger partial charge in [-0.3, -0.25) is 9.36 Å². The van der Waals surface area contributed by atoms with Crippen LogP contribution in [0.15, 0.2) is 41.8 Å². The fourth-order valence-corrected chi connectivity index (χ4v) is 3.69. The highest BCUT2D eigenvalue weighted by Crippen LogP contribution is 2.32. The van der Waals surface area contributed by atoms with E-state index in [0.29, 0.717) is 17.2 Å². The van der Waals surface area contributed by atoms with Gasteiger partial charge in [0.1, 0.15) is 5.78 Å². The molecular weight excluding hydrogens is 292 g/mol. The van der Waals surface area contributed by atoms with E-state index in [1.54, 1.807) is 18.0 Å². The highest BCUT2D eigenvalue weighted by Gasteiger charge is 2.24. The average Bonchev–Trinajstić information content (AvgIpc) is 2.90. The van der Waals surface area contributed by atoms with Crippen LogP contribution in [0.1, 0.15) is 25.7 Å². The molecule has 0 bridgehead atoms. The number of ketones is 1. The standard InChI is InChI=1S/C15H15ClN2OS/c16-11-5-7-12(8-6-11)18-10-9-17-15(18)20-14-4-2-1-3-13(14)19/h5-10,14H,1-4H2/t14-/m1/s1. The van der Waals surface area contributed by atoms with Crippen molar-refractivity contribution in [3.8, 4) is 5.69 Å². The van der Waals surface area contributed by atoms with Gasteiger partial charge in [0, 0.05) is 29.5 Å². The summed E-state index contributed by atoms with van der Waals surface area (Å²) in [4.78, 5) is 16.3. The summed E-state index contributed by atoms with van der Waals surface area (Å²) in [5.41, 5.74) is 1.01. The maximum Gasteiger partial charge on any atom is 0.173 e. The smallest absolute Gasteiger partial charge is 0.173 e. The molecule has 2 aromatic rings. The molecule has 0 radical (unpaired) electrons. The molecule has 0 aliphatic heterocycles. The summed E-state index contributed by atoms with van der Waals surface area (Å²) < 4.78 is 2.00. The number of carbonyl (C=O) groups excluding carboxylic acids is 1. The molecule has 0 spiro atoms. The van der Waals surface area contributed by atoms with Gasteiger partial charge >= 0.3 is 0 Å². The van der Waals surface area contributed by atoms with Crippen molar-refractivity contribution in [2.24, 2.45) is 0 Å². The summed E-state index contributed by atoms with van der Waals surface area (Å²) >= 11 is 7.49. The van der Waals surface area contributed by atoms with E-state index >= 15 is 0 Å². The van der Waals surface area contributed by atoms with E-state index in [9.17, 15) is 4.79 Å². The van der Waals surface area contributed by atoms with E-state index in [1.807, 2.05) is 35.0 Å². The lowest BCUT2D eigenvalue weighted by atomic mass is 9.99. The summed E-state index contributed by atoms with van der Waals surface area (Å²) in [6.45, 7) is 0. The van der Waals surface area contributed by atoms with Crippen LogP contribution in [-0.2, 0) is 4.79 Å². The van der Waals surface area contributed by atoms with Crippen LogP contribution < -0.4 is 0 Å². The maximum absolute atomic E-state index is 11.9. The Kier molecular flexibility index (Phi) is 4.13. The van der Waals surface area contributed by atoms with Gasteiger partial charge in [-0.2, -0.15) is 0 Å². The first-order chi connectivity index (χ1) is 9.74. The summed E-state index contributed by atoms with van der Waals surface area (Å²) in [5.74, 6) is 0.354. The third kappa shape index (κ3) is 2.91. The van der Waals surface area contributed by atoms with Gasteiger partial charge in [-0.1, -0.05) is 29.8 Å². The zero-order valence-corrected chi connectivity index (χ0v) is 12.5. The Bertz CT molecular complexity index is 609. The normalized spacial score (nSPS) is 19.2. The topological polar surface area (TPSA) is 34.9 Å². The summed E-state index contributed by atoms with van der Waals surface area (Å²) in [6.07, 6.45) is 7.51. The molecule has 5 heteroatoms. The van der Waals surface area contributed by atoms with Crippen LogP contribution >= 0.6 is 23.4 Å². The number of halogens is 1. The van der Waals surface area contributed by atoms with Gasteiger partial charge in [0.05, 0.1) is 5.25 Å². The van der Waals surface area contributed by atoms with E-state index in [1.165, 1.54) is 0 Å². The van der Waals surface area contributed by atoms with Crippen LogP contribution in [0.2, 0.25) is 5.02 Å². The van der Waals surface area contributed by atoms with Gasteiger partial charge in [-0.25, -0.2) is 4.98 Å². The first-order valence-electron chi connectivity index (χ1n) is 6.73. The first-order valence-corrected chi connectivity index (χ1v) is 7.98. The number of benzene rings is 1. The zero-order chi connectivity index (χ0) is 13.9. The van der Waals surface area contributed by atoms with Crippen molar-refractivity contribution in [2.45, 2.75) is 36.1 Å². The number of Topliss-reactive ketones (excluding diaryl/α,β-unsaturated/α-hetero) is 1. The predicted octanol–water partition coefficient (Wildman–Crippen LogP) is 4.13. The predicted molar refractivity (Wildman–Crippen MR) is 81.7 cm³/mol. The molecule has 0 N–H and O–H groups in total. The van der Waals surface area contributed by atoms with Gasteiger partial charge in [0.25, 0.3) is 0 Å². The molecule has 0 unspecified atom stereocenters. The van der Waals surface area contributed by atoms with E-state index in [4.69, 9.17) is 11.6 Å². The molecule has 3 rings (SSSR count). The second-order valence-corrected chi connectivity index (χ2v) is 6.48. The lowest BCUT2D eigenvalue weighted by Gasteiger charge is -2.19. The van der Waals surface area contributed by atoms with Crippen molar-refractivity contribution in [3.05, 3.63) is 41.7 Å². The van der Waals surface area contributed by atoms with Crippen molar-refractivity contribution in [1.29, 1.82) is 0 Å². The average molecular weight is 307 g/mol. The number of nitrogens with zero attached hydrogens (tertiary/aromatic N) is 2. The molecule has 1 aromatic heterocycles. The van der Waals surface area contributed by atoms with Gasteiger partial charge in [-0.05, 0) is 37.1 Å². The van der Waals surface area contributed by atoms with Crippen molar-refractivity contribution < 1.29 is 4.79 Å². The number of rotatable bonds is 3. The Morgan fingerprint density at radius 3 is 2.80 bits per heavy atom. The third-order valence-electron chi connectivity index (χ3n) is 3.46. The Morgan fingerprint density at radius 1 is 1.25 bits per heavy atom. The highest BCUT2D eigenvalue weighted by atomic mass is 35.5. The van der Waals surface area contributed by atoms with E-state index < -0.39 is 0 Å². The number of imidazole rings is 1. The van der Waals surface area contributed by atoms with Crippen LogP contribution in [0.4, 0.5) is 0 Å². The molecule has 1 aliphatic carbocycles. The number of hydrogen-bond acceptors (Lipinski definition) is 3. The fourth-order valence-electron chi connectivity index (χ4n) is 2.38. The Hall–Kier alpha value is -1.26. The number of carbonyl (C=O) groups is 1. The molecule has 0 amide bonds. The van der Waals surface area contributed by atoms with Crippen LogP contribution in [0, 0.1) is 0 Å². The van der Waals surface area contributed by atoms with E-state index in [-0.39, 0.29) is 5.25 Å². The summed E-state index contributed by atoms with van der Waals surface area (Å²) in [6, 6.07) is 7.63. The molecule has 1 heterocycles. The maximum atomic E-state index is 11.9. The molecule has 1 aliphatic rings. The quantitative estimate of drug-likeness (QED) is 0.855. The minimum absolute atomic E-state index is 0.0530. The largest absolute Gasteiger partial charge is 0.298 e. The molecular formula is C15H15ClN2OS. The van der Waals surface area contributed by atoms with E-state index in [2.05, 4.69) is 4.98 Å². The van der Waals surface area contributed by atoms with Crippen LogP contribution in [0.25, 0.3) is 5.69 Å². The second-order valence-electron chi connectivity index (χ2n) is 4.87. The van der Waals surface area contributed by atoms with Crippen molar-refractivity contribution >= 4 is 29.1 Å². The highest BCUT2D eigenvalue weighted by molar-refractivity contribution is 8.00. The van der Waals surface area contributed by atoms with Crippen molar-refractivity contribution in [1.82, 2.24) is 9.55 Å². The molecule has 3 nitrogen and oxygen atoms in total. The minimum atomic E-state index is 0.0530. The van der Waals surface area contributed by atoms with Gasteiger partial charge in [0.2, 0.25) is 0 Å². The Labute approximate surface area is 127 Å². The van der Waals surface area contributed by atoms with Crippen LogP contribution in [-0.4, -0.2) is 20.6 Å². The van der Waals surface area contributed by atoms with Gasteiger partial charge in [-0.15, -0.1) is 0 Å². The number of thioether (sulfide) groups is 1. The summed E-state index contributed by atoms with van der Waals surface area (Å²) in [5, 5.41) is 1.63. The van der Waals surface area contributed by atoms with Crippen molar-refractivity contribution in [3.63, 3.8) is 0 Å². The van der Waals surface area contributed by atoms with Crippen molar-refractivity contribution in [2.75, 3.05) is 0 Å². The molecule has 1 atom stereocenters. The third-order valence-corrected chi connectivity index (χ3v) is 5.01. The molecule has 104 valence electrons. The monoisotopic (exact) mass is 306 g/mol. The Morgan fingerprint density at radius 2 is 2.05 bits per heavy atom. The number of aromatic nitrogens is 2. The lowest BCUT2D eigenvalue weighted by molar-refractivity contribution is -0.119. The molecule has 1 saturated carbocycles. The molecule has 0 saturated heterocycles. The van der Waals surface area contributed by atoms with Crippen LogP contribution in [0.3, 0.4) is 0 Å². The minimum Gasteiger partial charge on any atom is -0.298 e. The Balaban J connectivity index is 1.83.